The minimum absolute atomic E-state index is 0.0170. The van der Waals surface area contributed by atoms with Crippen molar-refractivity contribution in [1.82, 2.24) is 4.57 Å². The van der Waals surface area contributed by atoms with Crippen LogP contribution in [0.3, 0.4) is 0 Å². The van der Waals surface area contributed by atoms with Crippen LogP contribution in [0.15, 0.2) is 121 Å². The highest BCUT2D eigenvalue weighted by Gasteiger charge is 2.48. The maximum atomic E-state index is 14.4. The standard InChI is InChI=1S/C32H23NO2/c34-31(33-19-18-22-10-4-8-16-28(22)33)25-20-32(21-35-29-17-9-7-15-27(29)32)26-14-6-5-13-24(26)30(25)23-11-2-1-3-12-23/h1-19H,20-21H2. The first-order chi connectivity index (χ1) is 17.3. The predicted molar refractivity (Wildman–Crippen MR) is 139 cm³/mol. The summed E-state index contributed by atoms with van der Waals surface area (Å²) in [6.07, 6.45) is 2.48. The van der Waals surface area contributed by atoms with Gasteiger partial charge in [0.05, 0.1) is 10.9 Å². The number of hydrogen-bond acceptors (Lipinski definition) is 2. The first-order valence-electron chi connectivity index (χ1n) is 12.0. The zero-order chi connectivity index (χ0) is 23.4. The maximum absolute atomic E-state index is 14.4. The molecule has 5 aromatic rings. The van der Waals surface area contributed by atoms with Crippen LogP contribution >= 0.6 is 0 Å². The van der Waals surface area contributed by atoms with Crippen molar-refractivity contribution in [2.24, 2.45) is 0 Å². The summed E-state index contributed by atoms with van der Waals surface area (Å²) in [5, 5.41) is 1.06. The van der Waals surface area contributed by atoms with Gasteiger partial charge in [0.2, 0.25) is 0 Å². The second-order valence-corrected chi connectivity index (χ2v) is 9.36. The molecule has 1 aromatic heterocycles. The van der Waals surface area contributed by atoms with Crippen LogP contribution in [0.4, 0.5) is 0 Å². The van der Waals surface area contributed by atoms with E-state index in [2.05, 4.69) is 48.5 Å². The molecule has 1 atom stereocenters. The van der Waals surface area contributed by atoms with Gasteiger partial charge < -0.3 is 4.74 Å². The first kappa shape index (κ1) is 20.0. The highest BCUT2D eigenvalue weighted by Crippen LogP contribution is 2.54. The van der Waals surface area contributed by atoms with Gasteiger partial charge in [-0.05, 0) is 46.9 Å². The molecule has 0 saturated heterocycles. The molecule has 4 aromatic carbocycles. The Morgan fingerprint density at radius 1 is 0.743 bits per heavy atom. The Hall–Kier alpha value is -4.37. The highest BCUT2D eigenvalue weighted by molar-refractivity contribution is 6.10. The Morgan fingerprint density at radius 3 is 2.34 bits per heavy atom. The van der Waals surface area contributed by atoms with Crippen LogP contribution in [0, 0.1) is 0 Å². The number of para-hydroxylation sites is 2. The zero-order valence-corrected chi connectivity index (χ0v) is 19.1. The van der Waals surface area contributed by atoms with Crippen LogP contribution in [-0.4, -0.2) is 17.1 Å². The Balaban J connectivity index is 1.53. The lowest BCUT2D eigenvalue weighted by molar-refractivity contribution is 0.0952. The third kappa shape index (κ3) is 2.88. The summed E-state index contributed by atoms with van der Waals surface area (Å²) >= 11 is 0. The van der Waals surface area contributed by atoms with Gasteiger partial charge in [0.15, 0.2) is 0 Å². The van der Waals surface area contributed by atoms with Crippen molar-refractivity contribution in [3.05, 3.63) is 143 Å². The van der Waals surface area contributed by atoms with Crippen molar-refractivity contribution >= 4 is 22.4 Å². The second-order valence-electron chi connectivity index (χ2n) is 9.36. The smallest absolute Gasteiger partial charge is 0.258 e. The fraction of sp³-hybridized carbons (Fsp3) is 0.0938. The fourth-order valence-corrected chi connectivity index (χ4v) is 5.92. The quantitative estimate of drug-likeness (QED) is 0.292. The van der Waals surface area contributed by atoms with Crippen LogP contribution in [0.2, 0.25) is 0 Å². The molecule has 1 aliphatic carbocycles. The molecule has 3 heteroatoms. The van der Waals surface area contributed by atoms with Crippen molar-refractivity contribution < 1.29 is 9.53 Å². The SMILES string of the molecule is O=C(C1=C(c2ccccc2)c2ccccc2C2(COc3ccccc32)C1)n1ccc2ccccc21. The van der Waals surface area contributed by atoms with Crippen LogP contribution in [0.25, 0.3) is 16.5 Å². The minimum atomic E-state index is -0.403. The Bertz CT molecular complexity index is 1640. The Morgan fingerprint density at radius 2 is 1.46 bits per heavy atom. The molecule has 0 fully saturated rings. The first-order valence-corrected chi connectivity index (χ1v) is 12.0. The molecular formula is C32H23NO2. The van der Waals surface area contributed by atoms with Gasteiger partial charge in [-0.15, -0.1) is 0 Å². The molecule has 0 N–H and O–H groups in total. The number of rotatable bonds is 2. The number of allylic oxidation sites excluding steroid dienone is 1. The van der Waals surface area contributed by atoms with Gasteiger partial charge in [0.25, 0.3) is 5.91 Å². The molecule has 0 saturated carbocycles. The van der Waals surface area contributed by atoms with Crippen molar-refractivity contribution in [2.45, 2.75) is 11.8 Å². The van der Waals surface area contributed by atoms with Crippen LogP contribution in [0.1, 0.15) is 33.5 Å². The molecular weight excluding hydrogens is 430 g/mol. The van der Waals surface area contributed by atoms with E-state index < -0.39 is 5.41 Å². The minimum Gasteiger partial charge on any atom is -0.492 e. The molecule has 35 heavy (non-hydrogen) atoms. The number of ether oxygens (including phenoxy) is 1. The number of carbonyl (C=O) groups excluding carboxylic acids is 1. The van der Waals surface area contributed by atoms with Crippen LogP contribution in [-0.2, 0) is 5.41 Å². The topological polar surface area (TPSA) is 31.2 Å². The number of benzene rings is 4. The molecule has 7 rings (SSSR count). The van der Waals surface area contributed by atoms with Gasteiger partial charge in [-0.2, -0.15) is 0 Å². The monoisotopic (exact) mass is 453 g/mol. The van der Waals surface area contributed by atoms with Crippen molar-refractivity contribution in [2.75, 3.05) is 6.61 Å². The second kappa shape index (κ2) is 7.57. The van der Waals surface area contributed by atoms with E-state index in [0.717, 1.165) is 44.5 Å². The number of aromatic nitrogens is 1. The van der Waals surface area contributed by atoms with E-state index >= 15 is 0 Å². The molecule has 168 valence electrons. The molecule has 2 heterocycles. The molecule has 2 aliphatic rings. The zero-order valence-electron chi connectivity index (χ0n) is 19.1. The van der Waals surface area contributed by atoms with Gasteiger partial charge in [0, 0.05) is 22.7 Å². The van der Waals surface area contributed by atoms with Crippen LogP contribution < -0.4 is 4.74 Å². The summed E-state index contributed by atoms with van der Waals surface area (Å²) in [5.74, 6) is 0.923. The van der Waals surface area contributed by atoms with E-state index in [1.807, 2.05) is 66.9 Å². The fourth-order valence-electron chi connectivity index (χ4n) is 5.92. The lowest BCUT2D eigenvalue weighted by Gasteiger charge is -2.37. The Kier molecular flexibility index (Phi) is 4.34. The largest absolute Gasteiger partial charge is 0.492 e. The summed E-state index contributed by atoms with van der Waals surface area (Å²) in [7, 11) is 0. The maximum Gasteiger partial charge on any atom is 0.258 e. The molecule has 0 radical (unpaired) electrons. The van der Waals surface area contributed by atoms with Gasteiger partial charge in [-0.3, -0.25) is 9.36 Å². The normalized spacial score (nSPS) is 18.4. The number of nitrogens with zero attached hydrogens (tertiary/aromatic N) is 1. The lowest BCUT2D eigenvalue weighted by Crippen LogP contribution is -2.36. The number of carbonyl (C=O) groups is 1. The molecule has 0 bridgehead atoms. The van der Waals surface area contributed by atoms with E-state index in [4.69, 9.17) is 4.74 Å². The summed E-state index contributed by atoms with van der Waals surface area (Å²) in [4.78, 5) is 14.4. The molecule has 1 spiro atoms. The summed E-state index contributed by atoms with van der Waals surface area (Å²) in [5.41, 5.74) is 6.88. The predicted octanol–water partition coefficient (Wildman–Crippen LogP) is 6.87. The molecule has 3 nitrogen and oxygen atoms in total. The van der Waals surface area contributed by atoms with E-state index in [1.165, 1.54) is 5.56 Å². The third-order valence-electron chi connectivity index (χ3n) is 7.51. The lowest BCUT2D eigenvalue weighted by atomic mass is 9.64. The molecule has 1 unspecified atom stereocenters. The van der Waals surface area contributed by atoms with Gasteiger partial charge in [-0.1, -0.05) is 91.0 Å². The molecule has 0 amide bonds. The molecule has 1 aliphatic heterocycles. The van der Waals surface area contributed by atoms with Gasteiger partial charge >= 0.3 is 0 Å². The van der Waals surface area contributed by atoms with Crippen molar-refractivity contribution in [3.8, 4) is 5.75 Å². The van der Waals surface area contributed by atoms with Gasteiger partial charge in [-0.25, -0.2) is 0 Å². The summed E-state index contributed by atoms with van der Waals surface area (Å²) in [6, 6.07) is 37.1. The van der Waals surface area contributed by atoms with Crippen molar-refractivity contribution in [1.29, 1.82) is 0 Å². The van der Waals surface area contributed by atoms with Crippen molar-refractivity contribution in [3.63, 3.8) is 0 Å². The Labute approximate surface area is 203 Å². The summed E-state index contributed by atoms with van der Waals surface area (Å²) < 4.78 is 8.04. The van der Waals surface area contributed by atoms with E-state index in [0.29, 0.717) is 13.0 Å². The third-order valence-corrected chi connectivity index (χ3v) is 7.51. The number of hydrogen-bond donors (Lipinski definition) is 0. The van der Waals surface area contributed by atoms with E-state index in [-0.39, 0.29) is 5.91 Å². The highest BCUT2D eigenvalue weighted by atomic mass is 16.5. The average molecular weight is 454 g/mol. The van der Waals surface area contributed by atoms with E-state index in [9.17, 15) is 4.79 Å². The summed E-state index contributed by atoms with van der Waals surface area (Å²) in [6.45, 7) is 0.522. The van der Waals surface area contributed by atoms with Gasteiger partial charge in [0.1, 0.15) is 12.4 Å². The van der Waals surface area contributed by atoms with Crippen LogP contribution in [0.5, 0.6) is 5.75 Å². The average Bonchev–Trinajstić information content (AvgIpc) is 3.51. The van der Waals surface area contributed by atoms with E-state index in [1.54, 1.807) is 4.57 Å². The number of fused-ring (bicyclic) bond motifs is 5.